The van der Waals surface area contributed by atoms with Crippen LogP contribution < -0.4 is 4.90 Å². The van der Waals surface area contributed by atoms with Crippen molar-refractivity contribution in [1.82, 2.24) is 4.98 Å². The Hall–Kier alpha value is -2.63. The van der Waals surface area contributed by atoms with Gasteiger partial charge in [-0.25, -0.2) is 0 Å². The first-order valence-corrected chi connectivity index (χ1v) is 9.14. The highest BCUT2D eigenvalue weighted by atomic mass is 16.4. The minimum Gasteiger partial charge on any atom is -0.481 e. The summed E-state index contributed by atoms with van der Waals surface area (Å²) < 4.78 is 0. The number of hydrogen-bond donors (Lipinski definition) is 2. The molecule has 2 aromatic rings. The average Bonchev–Trinajstić information content (AvgIpc) is 2.84. The van der Waals surface area contributed by atoms with E-state index in [1.807, 2.05) is 38.9 Å². The lowest BCUT2D eigenvalue weighted by molar-refractivity contribution is -0.134. The molecular formula is C21H28N2O4. The van der Waals surface area contributed by atoms with E-state index >= 15 is 0 Å². The Kier molecular flexibility index (Phi) is 6.08. The predicted molar refractivity (Wildman–Crippen MR) is 107 cm³/mol. The van der Waals surface area contributed by atoms with Crippen LogP contribution in [0.25, 0.3) is 10.9 Å². The fourth-order valence-electron chi connectivity index (χ4n) is 3.45. The van der Waals surface area contributed by atoms with Gasteiger partial charge in [-0.15, -0.1) is 0 Å². The summed E-state index contributed by atoms with van der Waals surface area (Å²) in [5.41, 5.74) is 4.31. The number of carbonyl (C=O) groups excluding carboxylic acids is 2. The van der Waals surface area contributed by atoms with E-state index in [1.54, 1.807) is 0 Å². The van der Waals surface area contributed by atoms with Crippen LogP contribution in [0.15, 0.2) is 12.1 Å². The molecule has 1 aromatic carbocycles. The van der Waals surface area contributed by atoms with E-state index < -0.39 is 11.4 Å². The third-order valence-corrected chi connectivity index (χ3v) is 4.85. The van der Waals surface area contributed by atoms with Crippen LogP contribution in [-0.2, 0) is 21.4 Å². The van der Waals surface area contributed by atoms with E-state index in [0.717, 1.165) is 65.9 Å². The number of carboxylic acid groups (broad SMARTS) is 1. The van der Waals surface area contributed by atoms with Gasteiger partial charge in [0.05, 0.1) is 5.69 Å². The van der Waals surface area contributed by atoms with Crippen LogP contribution in [-0.4, -0.2) is 42.2 Å². The molecule has 27 heavy (non-hydrogen) atoms. The van der Waals surface area contributed by atoms with Gasteiger partial charge in [-0.2, -0.15) is 0 Å². The van der Waals surface area contributed by atoms with Gasteiger partial charge in [0.15, 0.2) is 5.78 Å². The topological polar surface area (TPSA) is 90.5 Å². The number of benzene rings is 1. The highest BCUT2D eigenvalue weighted by Gasteiger charge is 2.27. The van der Waals surface area contributed by atoms with Gasteiger partial charge in [0.25, 0.3) is 5.97 Å². The molecule has 0 aliphatic heterocycles. The van der Waals surface area contributed by atoms with Gasteiger partial charge in [0.1, 0.15) is 6.29 Å². The fraction of sp³-hybridized carbons (Fsp3) is 0.476. The number of aldehydes is 1. The average molecular weight is 372 g/mol. The van der Waals surface area contributed by atoms with Crippen molar-refractivity contribution in [2.45, 2.75) is 51.9 Å². The normalized spacial score (nSPS) is 14.0. The molecule has 146 valence electrons. The molecule has 1 aliphatic carbocycles. The molecule has 0 amide bonds. The Labute approximate surface area is 159 Å². The molecule has 0 spiro atoms. The number of aromatic nitrogens is 1. The zero-order chi connectivity index (χ0) is 20.4. The van der Waals surface area contributed by atoms with E-state index in [2.05, 4.69) is 11.1 Å². The van der Waals surface area contributed by atoms with Gasteiger partial charge in [0, 0.05) is 49.4 Å². The van der Waals surface area contributed by atoms with Crippen LogP contribution in [0, 0.1) is 0 Å². The largest absolute Gasteiger partial charge is 0.481 e. The summed E-state index contributed by atoms with van der Waals surface area (Å²) in [5, 5.41) is 8.53. The van der Waals surface area contributed by atoms with Crippen molar-refractivity contribution in [2.75, 3.05) is 19.0 Å². The molecule has 0 unspecified atom stereocenters. The Balaban J connectivity index is 0.000000596. The van der Waals surface area contributed by atoms with E-state index in [4.69, 9.17) is 9.90 Å². The van der Waals surface area contributed by atoms with E-state index in [0.29, 0.717) is 6.42 Å². The molecule has 6 heteroatoms. The summed E-state index contributed by atoms with van der Waals surface area (Å²) in [6, 6.07) is 4.17. The number of aliphatic carboxylic acids is 1. The maximum absolute atomic E-state index is 12.3. The van der Waals surface area contributed by atoms with Crippen LogP contribution in [0.1, 0.15) is 61.6 Å². The number of carboxylic acids is 1. The SMILES string of the molecule is CC(=O)O.CN(C)c1cc2c3c([nH]c2cc1C(C)(C)C=O)C(=O)CCCC3. The number of rotatable bonds is 3. The van der Waals surface area contributed by atoms with Crippen molar-refractivity contribution in [3.63, 3.8) is 0 Å². The molecule has 6 nitrogen and oxygen atoms in total. The number of anilines is 1. The maximum Gasteiger partial charge on any atom is 0.300 e. The van der Waals surface area contributed by atoms with E-state index in [1.165, 1.54) is 0 Å². The summed E-state index contributed by atoms with van der Waals surface area (Å²) in [5.74, 6) is -0.628. The van der Waals surface area contributed by atoms with Crippen molar-refractivity contribution in [1.29, 1.82) is 0 Å². The number of fused-ring (bicyclic) bond motifs is 3. The van der Waals surface area contributed by atoms with Gasteiger partial charge < -0.3 is 19.8 Å². The quantitative estimate of drug-likeness (QED) is 0.633. The standard InChI is InChI=1S/C19H24N2O2.C2H4O2/c1-19(2,11-22)14-10-15-13(9-16(14)21(3)4)12-7-5-6-8-17(23)18(12)20-15;1-2(3)4/h9-11,20H,5-8H2,1-4H3;1H3,(H,3,4). The molecule has 1 aliphatic rings. The second kappa shape index (κ2) is 7.94. The highest BCUT2D eigenvalue weighted by Crippen LogP contribution is 2.37. The molecule has 1 heterocycles. The Morgan fingerprint density at radius 1 is 1.22 bits per heavy atom. The van der Waals surface area contributed by atoms with Crippen molar-refractivity contribution >= 4 is 34.6 Å². The molecule has 3 rings (SSSR count). The molecule has 0 saturated heterocycles. The van der Waals surface area contributed by atoms with Gasteiger partial charge in [0.2, 0.25) is 0 Å². The lowest BCUT2D eigenvalue weighted by Gasteiger charge is -2.26. The Bertz CT molecular complexity index is 874. The minimum atomic E-state index is -0.833. The van der Waals surface area contributed by atoms with E-state index in [-0.39, 0.29) is 5.78 Å². The van der Waals surface area contributed by atoms with Crippen molar-refractivity contribution < 1.29 is 19.5 Å². The van der Waals surface area contributed by atoms with Crippen LogP contribution in [0.3, 0.4) is 0 Å². The van der Waals surface area contributed by atoms with Crippen LogP contribution >= 0.6 is 0 Å². The molecule has 0 bridgehead atoms. The Morgan fingerprint density at radius 3 is 2.37 bits per heavy atom. The summed E-state index contributed by atoms with van der Waals surface area (Å²) in [6.45, 7) is 4.93. The second-order valence-electron chi connectivity index (χ2n) is 7.78. The number of nitrogens with one attached hydrogen (secondary N) is 1. The molecule has 0 saturated carbocycles. The van der Waals surface area contributed by atoms with Crippen molar-refractivity contribution in [3.8, 4) is 0 Å². The lowest BCUT2D eigenvalue weighted by Crippen LogP contribution is -2.23. The molecule has 1 aromatic heterocycles. The summed E-state index contributed by atoms with van der Waals surface area (Å²) in [6.07, 6.45) is 4.54. The molecule has 2 N–H and O–H groups in total. The monoisotopic (exact) mass is 372 g/mol. The smallest absolute Gasteiger partial charge is 0.300 e. The lowest BCUT2D eigenvalue weighted by atomic mass is 9.84. The van der Waals surface area contributed by atoms with Crippen LogP contribution in [0.5, 0.6) is 0 Å². The molecular weight excluding hydrogens is 344 g/mol. The van der Waals surface area contributed by atoms with Gasteiger partial charge in [-0.05, 0) is 56.4 Å². The Morgan fingerprint density at radius 2 is 1.81 bits per heavy atom. The number of aromatic amines is 1. The first kappa shape index (κ1) is 20.7. The molecule has 0 radical (unpaired) electrons. The molecule has 0 fully saturated rings. The van der Waals surface area contributed by atoms with Gasteiger partial charge >= 0.3 is 0 Å². The second-order valence-corrected chi connectivity index (χ2v) is 7.78. The zero-order valence-corrected chi connectivity index (χ0v) is 16.7. The summed E-state index contributed by atoms with van der Waals surface area (Å²) >= 11 is 0. The van der Waals surface area contributed by atoms with E-state index in [9.17, 15) is 9.59 Å². The first-order chi connectivity index (χ1) is 12.6. The number of carbonyl (C=O) groups is 3. The highest BCUT2D eigenvalue weighted by molar-refractivity contribution is 6.03. The van der Waals surface area contributed by atoms with Crippen LogP contribution in [0.4, 0.5) is 5.69 Å². The van der Waals surface area contributed by atoms with Gasteiger partial charge in [-0.1, -0.05) is 0 Å². The third-order valence-electron chi connectivity index (χ3n) is 4.85. The number of aryl methyl sites for hydroxylation is 1. The molecule has 0 atom stereocenters. The fourth-order valence-corrected chi connectivity index (χ4v) is 3.45. The number of ketones is 1. The zero-order valence-electron chi connectivity index (χ0n) is 16.7. The number of Topliss-reactive ketones (excluding diaryl/α,β-unsaturated/α-hetero) is 1. The predicted octanol–water partition coefficient (Wildman–Crippen LogP) is 3.71. The number of nitrogens with zero attached hydrogens (tertiary/aromatic N) is 1. The van der Waals surface area contributed by atoms with Crippen molar-refractivity contribution in [3.05, 3.63) is 29.0 Å². The first-order valence-electron chi connectivity index (χ1n) is 9.14. The number of H-pyrrole nitrogens is 1. The summed E-state index contributed by atoms with van der Waals surface area (Å²) in [7, 11) is 3.98. The number of hydrogen-bond acceptors (Lipinski definition) is 4. The van der Waals surface area contributed by atoms with Gasteiger partial charge in [-0.3, -0.25) is 9.59 Å². The maximum atomic E-state index is 12.3. The third kappa shape index (κ3) is 4.38. The van der Waals surface area contributed by atoms with Crippen molar-refractivity contribution in [2.24, 2.45) is 0 Å². The summed E-state index contributed by atoms with van der Waals surface area (Å²) in [4.78, 5) is 38.2. The van der Waals surface area contributed by atoms with Crippen LogP contribution in [0.2, 0.25) is 0 Å². The minimum absolute atomic E-state index is 0.205.